The summed E-state index contributed by atoms with van der Waals surface area (Å²) in [5.41, 5.74) is 1.34. The summed E-state index contributed by atoms with van der Waals surface area (Å²) in [7, 11) is 0. The van der Waals surface area contributed by atoms with Crippen molar-refractivity contribution in [3.05, 3.63) is 59.7 Å². The smallest absolute Gasteiger partial charge is 0.248 e. The largest absolute Gasteiger partial charge is 0.273 e. The molecule has 2 aromatic rings. The van der Waals surface area contributed by atoms with E-state index in [9.17, 15) is 19.2 Å². The summed E-state index contributed by atoms with van der Waals surface area (Å²) >= 11 is 0. The molecule has 148 valence electrons. The molecule has 2 heterocycles. The van der Waals surface area contributed by atoms with Gasteiger partial charge in [-0.3, -0.25) is 19.2 Å². The highest BCUT2D eigenvalue weighted by Gasteiger charge is 2.55. The molecule has 4 amide bonds. The number of hydrogen-bond acceptors (Lipinski definition) is 4. The first-order valence-corrected chi connectivity index (χ1v) is 9.51. The van der Waals surface area contributed by atoms with Gasteiger partial charge in [0.15, 0.2) is 0 Å². The lowest BCUT2D eigenvalue weighted by Gasteiger charge is -2.41. The van der Waals surface area contributed by atoms with Crippen LogP contribution in [0.4, 0.5) is 11.4 Å². The van der Waals surface area contributed by atoms with Gasteiger partial charge in [0.1, 0.15) is 10.8 Å². The van der Waals surface area contributed by atoms with Crippen LogP contribution in [0.25, 0.3) is 0 Å². The standard InChI is InChI=1S/C23H22N2O4/c1-22(2)18(26)24(19(22)27)16-9-5-14(6-10-16)13-15-7-11-17(12-8-15)25-20(28)23(3,4)21(25)29/h5-12H,13H2,1-4H3. The Labute approximate surface area is 169 Å². The number of nitrogens with zero attached hydrogens (tertiary/aromatic N) is 2. The number of rotatable bonds is 4. The highest BCUT2D eigenvalue weighted by atomic mass is 16.2. The first-order valence-electron chi connectivity index (χ1n) is 9.51. The molecule has 0 aliphatic carbocycles. The Hall–Kier alpha value is -3.28. The molecule has 2 fully saturated rings. The first kappa shape index (κ1) is 19.1. The van der Waals surface area contributed by atoms with Crippen LogP contribution >= 0.6 is 0 Å². The normalized spacial score (nSPS) is 19.9. The van der Waals surface area contributed by atoms with Crippen LogP contribution in [0.5, 0.6) is 0 Å². The Bertz CT molecular complexity index is 928. The summed E-state index contributed by atoms with van der Waals surface area (Å²) in [5, 5.41) is 0. The summed E-state index contributed by atoms with van der Waals surface area (Å²) in [6.07, 6.45) is 0.654. The van der Waals surface area contributed by atoms with Crippen molar-refractivity contribution in [1.82, 2.24) is 0 Å². The maximum absolute atomic E-state index is 12.1. The molecule has 0 unspecified atom stereocenters. The van der Waals surface area contributed by atoms with E-state index in [-0.39, 0.29) is 23.6 Å². The molecule has 0 aromatic heterocycles. The second kappa shape index (κ2) is 6.11. The number of anilines is 2. The van der Waals surface area contributed by atoms with Crippen molar-refractivity contribution >= 4 is 35.0 Å². The third-order valence-corrected chi connectivity index (χ3v) is 5.75. The van der Waals surface area contributed by atoms with Crippen LogP contribution in [0.1, 0.15) is 38.8 Å². The Morgan fingerprint density at radius 1 is 0.552 bits per heavy atom. The summed E-state index contributed by atoms with van der Waals surface area (Å²) in [5.74, 6) is -0.763. The fraction of sp³-hybridized carbons (Fsp3) is 0.304. The molecule has 29 heavy (non-hydrogen) atoms. The second-order valence-electron chi connectivity index (χ2n) is 8.65. The van der Waals surface area contributed by atoms with Gasteiger partial charge >= 0.3 is 0 Å². The lowest BCUT2D eigenvalue weighted by molar-refractivity contribution is -0.151. The maximum Gasteiger partial charge on any atom is 0.248 e. The van der Waals surface area contributed by atoms with Crippen LogP contribution in [-0.2, 0) is 25.6 Å². The summed E-state index contributed by atoms with van der Waals surface area (Å²) in [6, 6.07) is 14.6. The average molecular weight is 390 g/mol. The third kappa shape index (κ3) is 2.70. The van der Waals surface area contributed by atoms with Gasteiger partial charge < -0.3 is 0 Å². The van der Waals surface area contributed by atoms with Crippen molar-refractivity contribution in [2.45, 2.75) is 34.1 Å². The minimum atomic E-state index is -0.936. The molecule has 0 radical (unpaired) electrons. The predicted octanol–water partition coefficient (Wildman–Crippen LogP) is 3.08. The Balaban J connectivity index is 1.44. The highest BCUT2D eigenvalue weighted by Crippen LogP contribution is 2.38. The number of benzene rings is 2. The van der Waals surface area contributed by atoms with Crippen LogP contribution in [0.3, 0.4) is 0 Å². The Morgan fingerprint density at radius 2 is 0.828 bits per heavy atom. The van der Waals surface area contributed by atoms with Crippen LogP contribution in [0, 0.1) is 10.8 Å². The van der Waals surface area contributed by atoms with Crippen molar-refractivity contribution in [3.8, 4) is 0 Å². The van der Waals surface area contributed by atoms with Gasteiger partial charge in [0.05, 0.1) is 11.4 Å². The van der Waals surface area contributed by atoms with E-state index in [1.54, 1.807) is 52.0 Å². The monoisotopic (exact) mass is 390 g/mol. The number of amides is 4. The van der Waals surface area contributed by atoms with E-state index in [0.717, 1.165) is 11.1 Å². The molecule has 6 nitrogen and oxygen atoms in total. The third-order valence-electron chi connectivity index (χ3n) is 5.75. The first-order chi connectivity index (χ1) is 13.5. The van der Waals surface area contributed by atoms with Crippen LogP contribution in [0.2, 0.25) is 0 Å². The summed E-state index contributed by atoms with van der Waals surface area (Å²) in [4.78, 5) is 50.9. The van der Waals surface area contributed by atoms with Crippen LogP contribution < -0.4 is 9.80 Å². The molecule has 2 saturated heterocycles. The zero-order valence-electron chi connectivity index (χ0n) is 16.9. The van der Waals surface area contributed by atoms with E-state index in [4.69, 9.17) is 0 Å². The van der Waals surface area contributed by atoms with Gasteiger partial charge in [0.2, 0.25) is 23.6 Å². The topological polar surface area (TPSA) is 74.8 Å². The van der Waals surface area contributed by atoms with E-state index in [1.807, 2.05) is 24.3 Å². The number of carbonyl (C=O) groups is 4. The number of hydrogen-bond donors (Lipinski definition) is 0. The minimum Gasteiger partial charge on any atom is -0.273 e. The van der Waals surface area contributed by atoms with Crippen molar-refractivity contribution in [3.63, 3.8) is 0 Å². The fourth-order valence-corrected chi connectivity index (χ4v) is 3.61. The van der Waals surface area contributed by atoms with Crippen molar-refractivity contribution in [2.24, 2.45) is 10.8 Å². The fourth-order valence-electron chi connectivity index (χ4n) is 3.61. The zero-order valence-corrected chi connectivity index (χ0v) is 16.9. The molecule has 4 rings (SSSR count). The van der Waals surface area contributed by atoms with Crippen LogP contribution in [-0.4, -0.2) is 23.6 Å². The van der Waals surface area contributed by atoms with Crippen molar-refractivity contribution in [2.75, 3.05) is 9.80 Å². The molecular formula is C23H22N2O4. The van der Waals surface area contributed by atoms with Gasteiger partial charge in [-0.2, -0.15) is 0 Å². The Morgan fingerprint density at radius 3 is 1.10 bits per heavy atom. The molecule has 0 atom stereocenters. The maximum atomic E-state index is 12.1. The van der Waals surface area contributed by atoms with E-state index in [0.29, 0.717) is 17.8 Å². The van der Waals surface area contributed by atoms with E-state index in [2.05, 4.69) is 0 Å². The lowest BCUT2D eigenvalue weighted by atomic mass is 9.81. The number of β-lactam (4-membered cyclic amide) rings is 4. The van der Waals surface area contributed by atoms with E-state index in [1.165, 1.54) is 9.80 Å². The van der Waals surface area contributed by atoms with Gasteiger partial charge in [-0.15, -0.1) is 0 Å². The molecule has 2 aliphatic heterocycles. The highest BCUT2D eigenvalue weighted by molar-refractivity contribution is 6.36. The van der Waals surface area contributed by atoms with Gasteiger partial charge in [-0.25, -0.2) is 9.80 Å². The molecule has 2 aromatic carbocycles. The van der Waals surface area contributed by atoms with Crippen molar-refractivity contribution < 1.29 is 19.2 Å². The van der Waals surface area contributed by atoms with E-state index < -0.39 is 10.8 Å². The molecule has 2 aliphatic rings. The average Bonchev–Trinajstić information content (AvgIpc) is 2.71. The molecule has 6 heteroatoms. The summed E-state index contributed by atoms with van der Waals surface area (Å²) in [6.45, 7) is 6.53. The lowest BCUT2D eigenvalue weighted by Crippen LogP contribution is -2.63. The van der Waals surface area contributed by atoms with Crippen LogP contribution in [0.15, 0.2) is 48.5 Å². The van der Waals surface area contributed by atoms with Gasteiger partial charge in [0.25, 0.3) is 0 Å². The van der Waals surface area contributed by atoms with Gasteiger partial charge in [-0.05, 0) is 69.5 Å². The number of imide groups is 2. The molecule has 0 spiro atoms. The Kier molecular flexibility index (Phi) is 4.01. The minimum absolute atomic E-state index is 0.191. The quantitative estimate of drug-likeness (QED) is 0.594. The molecule has 0 bridgehead atoms. The van der Waals surface area contributed by atoms with Gasteiger partial charge in [-0.1, -0.05) is 24.3 Å². The number of carbonyl (C=O) groups excluding carboxylic acids is 4. The van der Waals surface area contributed by atoms with Crippen molar-refractivity contribution in [1.29, 1.82) is 0 Å². The molecule has 0 N–H and O–H groups in total. The summed E-state index contributed by atoms with van der Waals surface area (Å²) < 4.78 is 0. The molecule has 0 saturated carbocycles. The second-order valence-corrected chi connectivity index (χ2v) is 8.65. The van der Waals surface area contributed by atoms with Gasteiger partial charge in [0, 0.05) is 0 Å². The predicted molar refractivity (Wildman–Crippen MR) is 108 cm³/mol. The molecular weight excluding hydrogens is 368 g/mol. The SMILES string of the molecule is CC1(C)C(=O)N(c2ccc(Cc3ccc(N4C(=O)C(C)(C)C4=O)cc3)cc2)C1=O. The van der Waals surface area contributed by atoms with E-state index >= 15 is 0 Å². The zero-order chi connectivity index (χ0) is 21.1.